The fourth-order valence-corrected chi connectivity index (χ4v) is 4.36. The van der Waals surface area contributed by atoms with E-state index < -0.39 is 5.97 Å². The van der Waals surface area contributed by atoms with E-state index >= 15 is 0 Å². The Hall–Kier alpha value is -3.43. The van der Waals surface area contributed by atoms with Crippen LogP contribution in [0.5, 0.6) is 11.5 Å². The van der Waals surface area contributed by atoms with Gasteiger partial charge < -0.3 is 19.5 Å². The van der Waals surface area contributed by atoms with E-state index in [1.54, 1.807) is 17.8 Å². The molecule has 0 radical (unpaired) electrons. The second-order valence-corrected chi connectivity index (χ2v) is 7.90. The monoisotopic (exact) mass is 436 g/mol. The molecule has 3 heterocycles. The van der Waals surface area contributed by atoms with Crippen LogP contribution in [0.25, 0.3) is 15.3 Å². The van der Waals surface area contributed by atoms with Crippen molar-refractivity contribution in [1.82, 2.24) is 20.1 Å². The summed E-state index contributed by atoms with van der Waals surface area (Å²) in [6, 6.07) is 13.7. The number of ether oxygens (including phenoxy) is 3. The van der Waals surface area contributed by atoms with Gasteiger partial charge >= 0.3 is 5.97 Å². The number of hydrogen-bond acceptors (Lipinski definition) is 8. The Labute approximate surface area is 182 Å². The predicted molar refractivity (Wildman–Crippen MR) is 116 cm³/mol. The quantitative estimate of drug-likeness (QED) is 0.442. The molecule has 1 aliphatic heterocycles. The number of carbonyl (C=O) groups excluding carboxylic acids is 1. The highest BCUT2D eigenvalue weighted by molar-refractivity contribution is 7.20. The largest absolute Gasteiger partial charge is 0.462 e. The highest BCUT2D eigenvalue weighted by atomic mass is 32.1. The summed E-state index contributed by atoms with van der Waals surface area (Å²) >= 11 is 1.53. The summed E-state index contributed by atoms with van der Waals surface area (Å²) in [5.41, 5.74) is 3.08. The molecule has 158 valence electrons. The van der Waals surface area contributed by atoms with E-state index in [1.165, 1.54) is 11.3 Å². The zero-order valence-electron chi connectivity index (χ0n) is 16.8. The molecule has 9 heteroatoms. The number of hydrogen-bond donors (Lipinski definition) is 1. The Kier molecular flexibility index (Phi) is 5.27. The van der Waals surface area contributed by atoms with Crippen molar-refractivity contribution in [2.24, 2.45) is 0 Å². The highest BCUT2D eigenvalue weighted by Gasteiger charge is 2.21. The number of nitrogens with one attached hydrogen (secondary N) is 1. The lowest BCUT2D eigenvalue weighted by Gasteiger charge is -2.09. The predicted octanol–water partition coefficient (Wildman–Crippen LogP) is 3.68. The van der Waals surface area contributed by atoms with Gasteiger partial charge in [0.25, 0.3) is 0 Å². The molecule has 2 aromatic carbocycles. The van der Waals surface area contributed by atoms with Gasteiger partial charge in [0.05, 0.1) is 28.7 Å². The molecule has 2 aromatic heterocycles. The van der Waals surface area contributed by atoms with Crippen LogP contribution in [0.4, 0.5) is 0 Å². The average molecular weight is 436 g/mol. The number of rotatable bonds is 7. The summed E-state index contributed by atoms with van der Waals surface area (Å²) in [5.74, 6) is 1.10. The highest BCUT2D eigenvalue weighted by Crippen LogP contribution is 2.32. The standard InChI is InChI=1S/C22H20N4O4S/c1-2-28-21(27)15-11-24-26(22-25-16-5-3-4-6-20(16)31-22)17(15)12-23-10-14-7-8-18-19(9-14)30-13-29-18/h3-9,11,23H,2,10,12-13H2,1H3. The van der Waals surface area contributed by atoms with Crippen LogP contribution in [-0.4, -0.2) is 34.1 Å². The number of benzene rings is 2. The lowest BCUT2D eigenvalue weighted by Crippen LogP contribution is -2.19. The molecule has 0 saturated carbocycles. The van der Waals surface area contributed by atoms with E-state index in [4.69, 9.17) is 14.2 Å². The van der Waals surface area contributed by atoms with Crippen LogP contribution in [0.2, 0.25) is 0 Å². The maximum Gasteiger partial charge on any atom is 0.341 e. The third-order valence-electron chi connectivity index (χ3n) is 4.89. The summed E-state index contributed by atoms with van der Waals surface area (Å²) in [6.07, 6.45) is 1.54. The summed E-state index contributed by atoms with van der Waals surface area (Å²) in [4.78, 5) is 17.2. The minimum absolute atomic E-state index is 0.246. The Morgan fingerprint density at radius 1 is 1.19 bits per heavy atom. The van der Waals surface area contributed by atoms with Crippen LogP contribution >= 0.6 is 11.3 Å². The summed E-state index contributed by atoms with van der Waals surface area (Å²) in [5, 5.41) is 8.54. The number of nitrogens with zero attached hydrogens (tertiary/aromatic N) is 3. The zero-order valence-corrected chi connectivity index (χ0v) is 17.6. The van der Waals surface area contributed by atoms with Crippen molar-refractivity contribution in [2.45, 2.75) is 20.0 Å². The van der Waals surface area contributed by atoms with Crippen molar-refractivity contribution in [3.8, 4) is 16.6 Å². The fourth-order valence-electron chi connectivity index (χ4n) is 3.41. The first kappa shape index (κ1) is 19.5. The molecule has 5 rings (SSSR count). The van der Waals surface area contributed by atoms with E-state index in [0.717, 1.165) is 27.3 Å². The molecule has 4 aromatic rings. The first-order valence-electron chi connectivity index (χ1n) is 9.92. The molecule has 1 aliphatic rings. The van der Waals surface area contributed by atoms with Crippen LogP contribution in [-0.2, 0) is 17.8 Å². The first-order valence-corrected chi connectivity index (χ1v) is 10.7. The van der Waals surface area contributed by atoms with Gasteiger partial charge in [0.1, 0.15) is 5.56 Å². The first-order chi connectivity index (χ1) is 15.2. The normalized spacial score (nSPS) is 12.4. The molecule has 0 spiro atoms. The van der Waals surface area contributed by atoms with Crippen molar-refractivity contribution < 1.29 is 19.0 Å². The molecule has 0 atom stereocenters. The third-order valence-corrected chi connectivity index (χ3v) is 5.90. The number of esters is 1. The lowest BCUT2D eigenvalue weighted by atomic mass is 10.2. The molecule has 0 saturated heterocycles. The van der Waals surface area contributed by atoms with Gasteiger partial charge in [0, 0.05) is 13.1 Å². The number of para-hydroxylation sites is 1. The molecule has 8 nitrogen and oxygen atoms in total. The molecular formula is C22H20N4O4S. The van der Waals surface area contributed by atoms with Gasteiger partial charge in [0.15, 0.2) is 11.5 Å². The van der Waals surface area contributed by atoms with Gasteiger partial charge in [-0.1, -0.05) is 29.5 Å². The van der Waals surface area contributed by atoms with Crippen molar-refractivity contribution in [1.29, 1.82) is 0 Å². The summed E-state index contributed by atoms with van der Waals surface area (Å²) < 4.78 is 18.8. The van der Waals surface area contributed by atoms with Crippen molar-refractivity contribution in [3.63, 3.8) is 0 Å². The minimum atomic E-state index is -0.394. The Bertz CT molecular complexity index is 1220. The fraction of sp³-hybridized carbons (Fsp3) is 0.227. The summed E-state index contributed by atoms with van der Waals surface area (Å²) in [7, 11) is 0. The van der Waals surface area contributed by atoms with Crippen molar-refractivity contribution in [2.75, 3.05) is 13.4 Å². The number of thiazole rings is 1. The maximum absolute atomic E-state index is 12.5. The second-order valence-electron chi connectivity index (χ2n) is 6.89. The van der Waals surface area contributed by atoms with Gasteiger partial charge in [-0.05, 0) is 36.8 Å². The maximum atomic E-state index is 12.5. The van der Waals surface area contributed by atoms with Gasteiger partial charge in [-0.15, -0.1) is 0 Å². The number of carbonyl (C=O) groups is 1. The molecule has 0 fully saturated rings. The van der Waals surface area contributed by atoms with Crippen molar-refractivity contribution in [3.05, 3.63) is 65.5 Å². The molecule has 1 N–H and O–H groups in total. The SMILES string of the molecule is CCOC(=O)c1cnn(-c2nc3ccccc3s2)c1CNCc1ccc2c(c1)OCO2. The van der Waals surface area contributed by atoms with Crippen LogP contribution in [0, 0.1) is 0 Å². The number of fused-ring (bicyclic) bond motifs is 2. The summed E-state index contributed by atoms with van der Waals surface area (Å²) in [6.45, 7) is 3.33. The molecular weight excluding hydrogens is 416 g/mol. The molecule has 0 bridgehead atoms. The van der Waals surface area contributed by atoms with Crippen molar-refractivity contribution >= 4 is 27.5 Å². The zero-order chi connectivity index (χ0) is 21.2. The Balaban J connectivity index is 1.41. The Morgan fingerprint density at radius 2 is 2.06 bits per heavy atom. The second kappa shape index (κ2) is 8.37. The van der Waals surface area contributed by atoms with Crippen LogP contribution in [0.1, 0.15) is 28.5 Å². The molecule has 0 unspecified atom stereocenters. The average Bonchev–Trinajstić information content (AvgIpc) is 3.51. The molecule has 0 aliphatic carbocycles. The minimum Gasteiger partial charge on any atom is -0.462 e. The van der Waals surface area contributed by atoms with E-state index in [1.807, 2.05) is 42.5 Å². The lowest BCUT2D eigenvalue weighted by molar-refractivity contribution is 0.0525. The topological polar surface area (TPSA) is 87.5 Å². The van der Waals surface area contributed by atoms with Gasteiger partial charge in [-0.3, -0.25) is 0 Å². The van der Waals surface area contributed by atoms with Gasteiger partial charge in [-0.2, -0.15) is 5.10 Å². The van der Waals surface area contributed by atoms with Crippen LogP contribution in [0.15, 0.2) is 48.7 Å². The van der Waals surface area contributed by atoms with Crippen LogP contribution in [0.3, 0.4) is 0 Å². The van der Waals surface area contributed by atoms with Gasteiger partial charge in [0.2, 0.25) is 11.9 Å². The number of aromatic nitrogens is 3. The van der Waals surface area contributed by atoms with Gasteiger partial charge in [-0.25, -0.2) is 14.5 Å². The third kappa shape index (κ3) is 3.85. The Morgan fingerprint density at radius 3 is 2.94 bits per heavy atom. The van der Waals surface area contributed by atoms with E-state index in [9.17, 15) is 4.79 Å². The van der Waals surface area contributed by atoms with Crippen LogP contribution < -0.4 is 14.8 Å². The van der Waals surface area contributed by atoms with E-state index in [-0.39, 0.29) is 6.79 Å². The molecule has 31 heavy (non-hydrogen) atoms. The van der Waals surface area contributed by atoms with E-state index in [0.29, 0.717) is 36.1 Å². The van der Waals surface area contributed by atoms with E-state index in [2.05, 4.69) is 15.4 Å². The smallest absolute Gasteiger partial charge is 0.341 e. The molecule has 0 amide bonds.